The molecule has 0 spiro atoms. The number of benzene rings is 2. The van der Waals surface area contributed by atoms with Gasteiger partial charge in [-0.15, -0.1) is 0 Å². The van der Waals surface area contributed by atoms with Gasteiger partial charge in [0.1, 0.15) is 6.23 Å². The number of hydrogen-bond donors (Lipinski definition) is 3. The summed E-state index contributed by atoms with van der Waals surface area (Å²) in [5.74, 6) is 0.825. The number of piperidine rings is 1. The molecule has 38 heavy (non-hydrogen) atoms. The van der Waals surface area contributed by atoms with E-state index in [0.717, 1.165) is 17.5 Å². The Hall–Kier alpha value is -2.54. The van der Waals surface area contributed by atoms with E-state index in [2.05, 4.69) is 59.2 Å². The van der Waals surface area contributed by atoms with Crippen LogP contribution in [0, 0.1) is 5.92 Å². The third-order valence-electron chi connectivity index (χ3n) is 9.62. The predicted octanol–water partition coefficient (Wildman–Crippen LogP) is 4.72. The summed E-state index contributed by atoms with van der Waals surface area (Å²) < 4.78 is 0. The maximum Gasteiger partial charge on any atom is 0.244 e. The van der Waals surface area contributed by atoms with Crippen LogP contribution in [-0.4, -0.2) is 39.9 Å². The van der Waals surface area contributed by atoms with Crippen molar-refractivity contribution in [2.24, 2.45) is 5.92 Å². The lowest BCUT2D eigenvalue weighted by atomic mass is 9.78. The summed E-state index contributed by atoms with van der Waals surface area (Å²) in [5, 5.41) is 17.5. The first-order valence-electron chi connectivity index (χ1n) is 14.8. The maximum atomic E-state index is 12.4. The fourth-order valence-electron chi connectivity index (χ4n) is 7.51. The van der Waals surface area contributed by atoms with E-state index in [-0.39, 0.29) is 11.8 Å². The van der Waals surface area contributed by atoms with Gasteiger partial charge in [0.2, 0.25) is 11.8 Å². The van der Waals surface area contributed by atoms with Crippen molar-refractivity contribution in [1.82, 2.24) is 15.5 Å². The molecule has 4 aliphatic rings. The summed E-state index contributed by atoms with van der Waals surface area (Å²) in [5.41, 5.74) is 4.83. The van der Waals surface area contributed by atoms with Crippen LogP contribution in [-0.2, 0) is 22.6 Å². The Balaban J connectivity index is 1.07. The molecule has 3 N–H and O–H groups in total. The number of fused-ring (bicyclic) bond motifs is 1. The van der Waals surface area contributed by atoms with Crippen LogP contribution >= 0.6 is 0 Å². The van der Waals surface area contributed by atoms with Crippen LogP contribution < -0.4 is 10.6 Å². The van der Waals surface area contributed by atoms with Gasteiger partial charge in [0.05, 0.1) is 6.04 Å². The van der Waals surface area contributed by atoms with Crippen molar-refractivity contribution in [3.8, 4) is 0 Å². The molecule has 2 saturated carbocycles. The lowest BCUT2D eigenvalue weighted by Gasteiger charge is -2.38. The van der Waals surface area contributed by atoms with Gasteiger partial charge in [0.15, 0.2) is 0 Å². The van der Waals surface area contributed by atoms with E-state index in [1.165, 1.54) is 62.5 Å². The van der Waals surface area contributed by atoms with E-state index < -0.39 is 12.3 Å². The van der Waals surface area contributed by atoms with Crippen LogP contribution in [0.15, 0.2) is 48.5 Å². The molecule has 202 valence electrons. The minimum Gasteiger partial charge on any atom is -0.374 e. The number of carbonyl (C=O) groups excluding carboxylic acids is 2. The van der Waals surface area contributed by atoms with E-state index in [9.17, 15) is 14.7 Å². The molecule has 0 aromatic heterocycles. The van der Waals surface area contributed by atoms with Gasteiger partial charge in [-0.05, 0) is 85.5 Å². The van der Waals surface area contributed by atoms with Crippen LogP contribution in [0.2, 0.25) is 0 Å². The molecule has 6 heteroatoms. The third-order valence-corrected chi connectivity index (χ3v) is 9.62. The Bertz CT molecular complexity index is 1140. The summed E-state index contributed by atoms with van der Waals surface area (Å²) >= 11 is 0. The van der Waals surface area contributed by atoms with Gasteiger partial charge in [-0.1, -0.05) is 61.4 Å². The first kappa shape index (κ1) is 25.7. The number of amides is 2. The van der Waals surface area contributed by atoms with Gasteiger partial charge < -0.3 is 10.4 Å². The highest BCUT2D eigenvalue weighted by Crippen LogP contribution is 2.38. The van der Waals surface area contributed by atoms with E-state index >= 15 is 0 Å². The second-order valence-electron chi connectivity index (χ2n) is 12.0. The summed E-state index contributed by atoms with van der Waals surface area (Å²) in [7, 11) is 0. The minimum atomic E-state index is -0.793. The number of nitrogens with one attached hydrogen (secondary N) is 2. The zero-order valence-electron chi connectivity index (χ0n) is 22.3. The van der Waals surface area contributed by atoms with Gasteiger partial charge in [-0.2, -0.15) is 0 Å². The smallest absolute Gasteiger partial charge is 0.244 e. The molecule has 2 unspecified atom stereocenters. The maximum absolute atomic E-state index is 12.4. The zero-order chi connectivity index (χ0) is 26.1. The van der Waals surface area contributed by atoms with Gasteiger partial charge in [0.25, 0.3) is 0 Å². The molecule has 0 radical (unpaired) electrons. The van der Waals surface area contributed by atoms with Crippen molar-refractivity contribution in [1.29, 1.82) is 0 Å². The highest BCUT2D eigenvalue weighted by Gasteiger charge is 2.40. The highest BCUT2D eigenvalue weighted by atomic mass is 16.3. The molecule has 2 amide bonds. The molecule has 2 aromatic rings. The number of aliphatic hydroxyl groups excluding tert-OH is 1. The van der Waals surface area contributed by atoms with E-state index in [4.69, 9.17) is 0 Å². The second kappa shape index (κ2) is 11.3. The number of nitrogens with zero attached hydrogens (tertiary/aromatic N) is 1. The zero-order valence-corrected chi connectivity index (χ0v) is 22.3. The lowest BCUT2D eigenvalue weighted by molar-refractivity contribution is -0.141. The second-order valence-corrected chi connectivity index (χ2v) is 12.0. The topological polar surface area (TPSA) is 81.7 Å². The van der Waals surface area contributed by atoms with Crippen molar-refractivity contribution >= 4 is 11.8 Å². The first-order chi connectivity index (χ1) is 18.5. The molecule has 6 nitrogen and oxygen atoms in total. The molecular formula is C32H41N3O3. The van der Waals surface area contributed by atoms with E-state index in [1.807, 2.05) is 4.90 Å². The molecule has 6 rings (SSSR count). The summed E-state index contributed by atoms with van der Waals surface area (Å²) in [6, 6.07) is 18.2. The number of hydrogen-bond acceptors (Lipinski definition) is 5. The number of aliphatic hydroxyl groups is 1. The number of imide groups is 1. The Morgan fingerprint density at radius 3 is 2.50 bits per heavy atom. The Kier molecular flexibility index (Phi) is 7.64. The largest absolute Gasteiger partial charge is 0.374 e. The van der Waals surface area contributed by atoms with E-state index in [1.54, 1.807) is 0 Å². The average Bonchev–Trinajstić information content (AvgIpc) is 3.26. The standard InChI is InChI=1S/C32H41N3O3/c36-30-17-16-29(31(37)34-30)35-20-25-19-21(10-15-27(25)32(35)38)18-24-8-4-5-9-28(24)33-26-13-11-23(12-14-26)22-6-2-1-3-7-22/h1-3,6-7,10,15,19,23-24,26,28-29,32-33,38H,4-5,8-9,11-14,16-18,20H2,(H,34,36,37)/t23?,24-,26?,28+,29?,32?/m1/s1. The normalized spacial score (nSPS) is 32.1. The van der Waals surface area contributed by atoms with Crippen LogP contribution in [0.1, 0.15) is 98.6 Å². The van der Waals surface area contributed by atoms with Crippen molar-refractivity contribution < 1.29 is 14.7 Å². The van der Waals surface area contributed by atoms with Crippen LogP contribution in [0.25, 0.3) is 0 Å². The quantitative estimate of drug-likeness (QED) is 0.485. The minimum absolute atomic E-state index is 0.223. The fraction of sp³-hybridized carbons (Fsp3) is 0.562. The van der Waals surface area contributed by atoms with E-state index in [0.29, 0.717) is 43.3 Å². The fourth-order valence-corrected chi connectivity index (χ4v) is 7.51. The van der Waals surface area contributed by atoms with Crippen molar-refractivity contribution in [3.05, 3.63) is 70.8 Å². The van der Waals surface area contributed by atoms with Gasteiger partial charge in [-0.25, -0.2) is 0 Å². The number of carbonyl (C=O) groups is 2. The molecule has 2 aliphatic carbocycles. The van der Waals surface area contributed by atoms with Crippen LogP contribution in [0.5, 0.6) is 0 Å². The molecule has 2 aromatic carbocycles. The summed E-state index contributed by atoms with van der Waals surface area (Å²) in [6.07, 6.45) is 11.3. The predicted molar refractivity (Wildman–Crippen MR) is 147 cm³/mol. The molecular weight excluding hydrogens is 474 g/mol. The molecule has 3 fully saturated rings. The molecule has 2 heterocycles. The molecule has 2 aliphatic heterocycles. The summed E-state index contributed by atoms with van der Waals surface area (Å²) in [4.78, 5) is 25.8. The number of rotatable bonds is 6. The van der Waals surface area contributed by atoms with Gasteiger partial charge >= 0.3 is 0 Å². The Morgan fingerprint density at radius 2 is 1.71 bits per heavy atom. The van der Waals surface area contributed by atoms with Gasteiger partial charge in [0, 0.05) is 25.0 Å². The average molecular weight is 516 g/mol. The van der Waals surface area contributed by atoms with Crippen molar-refractivity contribution in [2.75, 3.05) is 0 Å². The van der Waals surface area contributed by atoms with Crippen molar-refractivity contribution in [3.63, 3.8) is 0 Å². The van der Waals surface area contributed by atoms with Gasteiger partial charge in [-0.3, -0.25) is 19.8 Å². The third kappa shape index (κ3) is 5.45. The lowest BCUT2D eigenvalue weighted by Crippen LogP contribution is -2.51. The van der Waals surface area contributed by atoms with Crippen molar-refractivity contribution in [2.45, 2.75) is 107 Å². The van der Waals surface area contributed by atoms with Crippen LogP contribution in [0.3, 0.4) is 0 Å². The highest BCUT2D eigenvalue weighted by molar-refractivity contribution is 6.00. The Labute approximate surface area is 226 Å². The summed E-state index contributed by atoms with van der Waals surface area (Å²) in [6.45, 7) is 0.549. The van der Waals surface area contributed by atoms with Crippen LogP contribution in [0.4, 0.5) is 0 Å². The molecule has 0 bridgehead atoms. The SMILES string of the molecule is O=C1CCC(N2Cc3cc(C[C@H]4CCCC[C@@H]4NC4CCC(c5ccccc5)CC4)ccc3C2O)C(=O)N1. The molecule has 1 saturated heterocycles. The Morgan fingerprint density at radius 1 is 0.921 bits per heavy atom. The molecule has 4 atom stereocenters. The monoisotopic (exact) mass is 515 g/mol. The first-order valence-corrected chi connectivity index (χ1v) is 14.8.